The Morgan fingerprint density at radius 3 is 1.57 bits per heavy atom. The van der Waals surface area contributed by atoms with Crippen molar-refractivity contribution in [3.8, 4) is 0 Å². The minimum Gasteiger partial charge on any atom is -0.392 e. The summed E-state index contributed by atoms with van der Waals surface area (Å²) in [7, 11) is 2.03. The van der Waals surface area contributed by atoms with E-state index < -0.39 is 0 Å². The number of hydrogen-bond donors (Lipinski definition) is 3. The summed E-state index contributed by atoms with van der Waals surface area (Å²) < 4.78 is 0. The Kier molecular flexibility index (Phi) is 29.1. The first kappa shape index (κ1) is 39.8. The van der Waals surface area contributed by atoms with Gasteiger partial charge in [-0.1, -0.05) is 129 Å². The molecule has 1 aliphatic rings. The van der Waals surface area contributed by atoms with Gasteiger partial charge in [0.1, 0.15) is 0 Å². The van der Waals surface area contributed by atoms with E-state index in [4.69, 9.17) is 0 Å². The normalized spacial score (nSPS) is 15.6. The van der Waals surface area contributed by atoms with Crippen LogP contribution in [0.15, 0.2) is 0 Å². The molecule has 0 aromatic rings. The molecule has 1 heterocycles. The molecule has 0 amide bonds. The lowest BCUT2D eigenvalue weighted by Crippen LogP contribution is -2.50. The van der Waals surface area contributed by atoms with Crippen LogP contribution in [0.25, 0.3) is 0 Å². The third kappa shape index (κ3) is 25.1. The van der Waals surface area contributed by atoms with Gasteiger partial charge in [0, 0.05) is 72.0 Å². The largest absolute Gasteiger partial charge is 0.392 e. The number of nitrogens with zero attached hydrogens (tertiary/aromatic N) is 3. The van der Waals surface area contributed by atoms with Crippen molar-refractivity contribution in [1.82, 2.24) is 25.3 Å². The lowest BCUT2D eigenvalue weighted by molar-refractivity contribution is 0.0842. The van der Waals surface area contributed by atoms with Crippen LogP contribution in [0.5, 0.6) is 0 Å². The molecule has 1 rings (SSSR count). The second kappa shape index (κ2) is 30.8. The zero-order valence-corrected chi connectivity index (χ0v) is 29.0. The van der Waals surface area contributed by atoms with Crippen molar-refractivity contribution in [3.05, 3.63) is 0 Å². The van der Waals surface area contributed by atoms with Gasteiger partial charge in [-0.25, -0.2) is 0 Å². The van der Waals surface area contributed by atoms with Crippen LogP contribution < -0.4 is 10.6 Å². The number of likely N-dealkylation sites (N-methyl/N-ethyl adjacent to an activating group) is 1. The number of hydrogen-bond acceptors (Lipinski definition) is 6. The summed E-state index contributed by atoms with van der Waals surface area (Å²) in [6.07, 6.45) is 27.0. The summed E-state index contributed by atoms with van der Waals surface area (Å²) in [4.78, 5) is 7.75. The maximum Gasteiger partial charge on any atom is 0.0667 e. The van der Waals surface area contributed by atoms with Crippen molar-refractivity contribution < 1.29 is 5.11 Å². The van der Waals surface area contributed by atoms with Crippen molar-refractivity contribution in [2.75, 3.05) is 85.6 Å². The summed E-state index contributed by atoms with van der Waals surface area (Å²) >= 11 is 0. The van der Waals surface area contributed by atoms with Crippen molar-refractivity contribution in [2.24, 2.45) is 0 Å². The van der Waals surface area contributed by atoms with E-state index in [0.717, 1.165) is 45.7 Å². The van der Waals surface area contributed by atoms with Gasteiger partial charge >= 0.3 is 0 Å². The van der Waals surface area contributed by atoms with Gasteiger partial charge in [-0.2, -0.15) is 0 Å². The lowest BCUT2D eigenvalue weighted by Gasteiger charge is -2.36. The van der Waals surface area contributed by atoms with Gasteiger partial charge in [0.2, 0.25) is 0 Å². The fourth-order valence-electron chi connectivity index (χ4n) is 6.26. The molecular formula is C36H77N5O. The third-order valence-corrected chi connectivity index (χ3v) is 9.30. The van der Waals surface area contributed by atoms with E-state index in [0.29, 0.717) is 0 Å². The summed E-state index contributed by atoms with van der Waals surface area (Å²) in [6.45, 7) is 17.8. The lowest BCUT2D eigenvalue weighted by atomic mass is 10.1. The standard InChI is InChI=1S/C36H77N5O/c1-4-6-8-10-12-14-15-16-18-20-22-24-38-26-28-39-29-31-40(32-30-39)33-34-41(27-25-37-3)35-36(42)23-21-19-17-13-11-9-7-5-2/h36-38,42H,4-35H2,1-3H3. The van der Waals surface area contributed by atoms with Gasteiger partial charge in [0.15, 0.2) is 0 Å². The first-order valence-corrected chi connectivity index (χ1v) is 18.9. The summed E-state index contributed by atoms with van der Waals surface area (Å²) in [5, 5.41) is 17.7. The number of rotatable bonds is 32. The van der Waals surface area contributed by atoms with E-state index in [1.165, 1.54) is 161 Å². The van der Waals surface area contributed by atoms with Crippen LogP contribution in [0.2, 0.25) is 0 Å². The second-order valence-corrected chi connectivity index (χ2v) is 13.3. The summed E-state index contributed by atoms with van der Waals surface area (Å²) in [6, 6.07) is 0. The number of aliphatic hydroxyl groups is 1. The Balaban J connectivity index is 2.01. The van der Waals surface area contributed by atoms with Gasteiger partial charge in [0.25, 0.3) is 0 Å². The Labute approximate surface area is 264 Å². The molecule has 1 saturated heterocycles. The average Bonchev–Trinajstić information content (AvgIpc) is 3.00. The SMILES string of the molecule is CCCCCCCCCCCCCNCCN1CCN(CCN(CCNC)CC(O)CCCCCCCCCC)CC1. The Morgan fingerprint density at radius 2 is 1.05 bits per heavy atom. The molecule has 3 N–H and O–H groups in total. The first-order valence-electron chi connectivity index (χ1n) is 18.9. The Bertz CT molecular complexity index is 529. The minimum absolute atomic E-state index is 0.184. The highest BCUT2D eigenvalue weighted by atomic mass is 16.3. The van der Waals surface area contributed by atoms with E-state index in [1.54, 1.807) is 0 Å². The van der Waals surface area contributed by atoms with Crippen LogP contribution in [0, 0.1) is 0 Å². The van der Waals surface area contributed by atoms with Crippen LogP contribution in [0.3, 0.4) is 0 Å². The molecule has 0 aromatic carbocycles. The van der Waals surface area contributed by atoms with Crippen LogP contribution >= 0.6 is 0 Å². The number of aliphatic hydroxyl groups excluding tert-OH is 1. The fourth-order valence-corrected chi connectivity index (χ4v) is 6.26. The quantitative estimate of drug-likeness (QED) is 0.0735. The minimum atomic E-state index is -0.184. The zero-order chi connectivity index (χ0) is 30.4. The first-order chi connectivity index (χ1) is 20.7. The molecule has 0 saturated carbocycles. The second-order valence-electron chi connectivity index (χ2n) is 13.3. The van der Waals surface area contributed by atoms with Gasteiger partial charge in [-0.15, -0.1) is 0 Å². The van der Waals surface area contributed by atoms with E-state index in [9.17, 15) is 5.11 Å². The van der Waals surface area contributed by atoms with Crippen LogP contribution in [0.1, 0.15) is 142 Å². The molecule has 1 fully saturated rings. The highest BCUT2D eigenvalue weighted by molar-refractivity contribution is 4.75. The molecule has 1 unspecified atom stereocenters. The van der Waals surface area contributed by atoms with Crippen molar-refractivity contribution in [1.29, 1.82) is 0 Å². The molecule has 1 atom stereocenters. The van der Waals surface area contributed by atoms with Crippen LogP contribution in [0.4, 0.5) is 0 Å². The Hall–Kier alpha value is -0.240. The smallest absolute Gasteiger partial charge is 0.0667 e. The van der Waals surface area contributed by atoms with E-state index in [-0.39, 0.29) is 6.10 Å². The molecule has 42 heavy (non-hydrogen) atoms. The molecule has 0 radical (unpaired) electrons. The molecular weight excluding hydrogens is 518 g/mol. The maximum absolute atomic E-state index is 10.7. The monoisotopic (exact) mass is 596 g/mol. The zero-order valence-electron chi connectivity index (χ0n) is 29.0. The van der Waals surface area contributed by atoms with Crippen LogP contribution in [-0.2, 0) is 0 Å². The summed E-state index contributed by atoms with van der Waals surface area (Å²) in [5.74, 6) is 0. The van der Waals surface area contributed by atoms with Gasteiger partial charge < -0.3 is 15.7 Å². The van der Waals surface area contributed by atoms with Gasteiger partial charge in [-0.3, -0.25) is 14.7 Å². The summed E-state index contributed by atoms with van der Waals surface area (Å²) in [5.41, 5.74) is 0. The van der Waals surface area contributed by atoms with E-state index in [1.807, 2.05) is 7.05 Å². The molecule has 6 nitrogen and oxygen atoms in total. The topological polar surface area (TPSA) is 54.0 Å². The fraction of sp³-hybridized carbons (Fsp3) is 1.00. The number of piperazine rings is 1. The predicted molar refractivity (Wildman–Crippen MR) is 186 cm³/mol. The third-order valence-electron chi connectivity index (χ3n) is 9.30. The number of nitrogens with one attached hydrogen (secondary N) is 2. The van der Waals surface area contributed by atoms with Crippen LogP contribution in [-0.4, -0.2) is 111 Å². The van der Waals surface area contributed by atoms with Gasteiger partial charge in [0.05, 0.1) is 6.10 Å². The Morgan fingerprint density at radius 1 is 0.571 bits per heavy atom. The molecule has 1 aliphatic heterocycles. The van der Waals surface area contributed by atoms with Crippen molar-refractivity contribution in [3.63, 3.8) is 0 Å². The molecule has 0 aliphatic carbocycles. The predicted octanol–water partition coefficient (Wildman–Crippen LogP) is 6.92. The molecule has 6 heteroatoms. The molecule has 0 spiro atoms. The van der Waals surface area contributed by atoms with E-state index >= 15 is 0 Å². The van der Waals surface area contributed by atoms with Crippen molar-refractivity contribution in [2.45, 2.75) is 148 Å². The van der Waals surface area contributed by atoms with Crippen molar-refractivity contribution >= 4 is 0 Å². The molecule has 252 valence electrons. The van der Waals surface area contributed by atoms with Gasteiger partial charge in [-0.05, 0) is 26.4 Å². The maximum atomic E-state index is 10.7. The number of unbranched alkanes of at least 4 members (excludes halogenated alkanes) is 17. The molecule has 0 bridgehead atoms. The highest BCUT2D eigenvalue weighted by Gasteiger charge is 2.18. The average molecular weight is 596 g/mol. The van der Waals surface area contributed by atoms with E-state index in [2.05, 4.69) is 39.2 Å². The highest BCUT2D eigenvalue weighted by Crippen LogP contribution is 2.12. The molecule has 0 aromatic heterocycles.